The molecule has 0 atom stereocenters. The van der Waals surface area contributed by atoms with Crippen molar-refractivity contribution in [3.8, 4) is 0 Å². The molecule has 114 valence electrons. The van der Waals surface area contributed by atoms with Crippen molar-refractivity contribution in [3.63, 3.8) is 0 Å². The number of carbonyl (C=O) groups is 1. The molecule has 0 aliphatic heterocycles. The summed E-state index contributed by atoms with van der Waals surface area (Å²) in [5.41, 5.74) is 3.33. The predicted molar refractivity (Wildman–Crippen MR) is 98.8 cm³/mol. The number of carbonyl (C=O) groups excluding carboxylic acids is 1. The van der Waals surface area contributed by atoms with Crippen molar-refractivity contribution < 1.29 is 4.79 Å². The number of hydrogen-bond acceptors (Lipinski definition) is 1. The van der Waals surface area contributed by atoms with Gasteiger partial charge in [0.05, 0.1) is 0 Å². The molecule has 0 aliphatic carbocycles. The van der Waals surface area contributed by atoms with Gasteiger partial charge >= 0.3 is 146 Å². The van der Waals surface area contributed by atoms with E-state index in [-0.39, 0.29) is 0 Å². The van der Waals surface area contributed by atoms with Gasteiger partial charge in [0, 0.05) is 0 Å². The van der Waals surface area contributed by atoms with Crippen LogP contribution in [-0.2, 0) is 0 Å². The zero-order chi connectivity index (χ0) is 16.2. The number of aryl methyl sites for hydroxylation is 2. The molecule has 2 heteroatoms. The maximum atomic E-state index is 11.2. The summed E-state index contributed by atoms with van der Waals surface area (Å²) >= 11 is -2.34. The predicted octanol–water partition coefficient (Wildman–Crippen LogP) is 2.63. The Hall–Kier alpha value is -1.79. The summed E-state index contributed by atoms with van der Waals surface area (Å²) < 4.78 is 4.23. The van der Waals surface area contributed by atoms with E-state index in [9.17, 15) is 4.79 Å². The van der Waals surface area contributed by atoms with Crippen LogP contribution < -0.4 is 9.81 Å². The van der Waals surface area contributed by atoms with Gasteiger partial charge in [-0.05, 0) is 0 Å². The first kappa shape index (κ1) is 16.1. The van der Waals surface area contributed by atoms with Gasteiger partial charge in [0.25, 0.3) is 0 Å². The second-order valence-corrected chi connectivity index (χ2v) is 14.3. The van der Waals surface area contributed by atoms with Crippen LogP contribution >= 0.6 is 0 Å². The summed E-state index contributed by atoms with van der Waals surface area (Å²) in [5, 5.41) is 0. The molecule has 0 aromatic heterocycles. The van der Waals surface area contributed by atoms with Gasteiger partial charge in [-0.25, -0.2) is 0 Å². The van der Waals surface area contributed by atoms with Gasteiger partial charge < -0.3 is 0 Å². The van der Waals surface area contributed by atoms with Gasteiger partial charge in [-0.3, -0.25) is 0 Å². The van der Waals surface area contributed by atoms with Crippen molar-refractivity contribution in [2.24, 2.45) is 0 Å². The minimum absolute atomic E-state index is 0.765. The molecule has 3 aromatic rings. The number of rotatable bonds is 4. The third kappa shape index (κ3) is 3.76. The van der Waals surface area contributed by atoms with E-state index in [0.29, 0.717) is 0 Å². The van der Waals surface area contributed by atoms with Gasteiger partial charge in [0.2, 0.25) is 0 Å². The van der Waals surface area contributed by atoms with Crippen LogP contribution in [0.25, 0.3) is 0 Å². The first-order valence-electron chi connectivity index (χ1n) is 7.66. The van der Waals surface area contributed by atoms with Crippen molar-refractivity contribution in [1.29, 1.82) is 0 Å². The number of benzene rings is 3. The molecule has 1 nitrogen and oxygen atoms in total. The monoisotopic (exact) mass is 496 g/mol. The summed E-state index contributed by atoms with van der Waals surface area (Å²) in [5.74, 6) is 0. The molecule has 0 amide bonds. The second-order valence-electron chi connectivity index (χ2n) is 5.72. The summed E-state index contributed by atoms with van der Waals surface area (Å²) in [7, 11) is 0. The van der Waals surface area contributed by atoms with E-state index < -0.39 is 21.8 Å². The fraction of sp³-hybridized carbons (Fsp3) is 0.0952. The van der Waals surface area contributed by atoms with Crippen LogP contribution in [0.1, 0.15) is 21.5 Å². The van der Waals surface area contributed by atoms with Crippen LogP contribution in [0, 0.1) is 13.8 Å². The molecule has 0 heterocycles. The molecule has 0 saturated heterocycles. The molecule has 3 aromatic carbocycles. The molecular weight excluding hydrogens is 477 g/mol. The molecule has 0 aliphatic rings. The van der Waals surface area contributed by atoms with Crippen LogP contribution in [0.2, 0.25) is 0 Å². The zero-order valence-corrected chi connectivity index (χ0v) is 16.8. The Morgan fingerprint density at radius 2 is 1.22 bits per heavy atom. The Bertz CT molecular complexity index is 759. The van der Waals surface area contributed by atoms with E-state index in [4.69, 9.17) is 0 Å². The first-order chi connectivity index (χ1) is 11.2. The topological polar surface area (TPSA) is 17.1 Å². The molecule has 3 rings (SSSR count). The van der Waals surface area contributed by atoms with E-state index in [1.807, 2.05) is 12.1 Å². The first-order valence-corrected chi connectivity index (χ1v) is 12.9. The Morgan fingerprint density at radius 3 is 1.70 bits per heavy atom. The summed E-state index contributed by atoms with van der Waals surface area (Å²) in [6, 6.07) is 26.0. The average molecular weight is 496 g/mol. The van der Waals surface area contributed by atoms with Gasteiger partial charge in [0.15, 0.2) is 0 Å². The van der Waals surface area contributed by atoms with Crippen molar-refractivity contribution in [2.75, 3.05) is 0 Å². The molecule has 0 fully saturated rings. The fourth-order valence-electron chi connectivity index (χ4n) is 2.57. The van der Waals surface area contributed by atoms with Gasteiger partial charge in [0.1, 0.15) is 0 Å². The quantitative estimate of drug-likeness (QED) is 0.401. The Labute approximate surface area is 145 Å². The summed E-state index contributed by atoms with van der Waals surface area (Å²) in [6.45, 7) is 4.24. The third-order valence-electron chi connectivity index (χ3n) is 3.85. The Kier molecular flexibility index (Phi) is 5.03. The van der Waals surface area contributed by atoms with Crippen molar-refractivity contribution in [1.82, 2.24) is 0 Å². The van der Waals surface area contributed by atoms with Gasteiger partial charge in [-0.15, -0.1) is 0 Å². The van der Waals surface area contributed by atoms with Crippen LogP contribution in [0.15, 0.2) is 72.8 Å². The molecule has 23 heavy (non-hydrogen) atoms. The van der Waals surface area contributed by atoms with E-state index >= 15 is 0 Å². The molecule has 0 radical (unpaired) electrons. The molecule has 0 bridgehead atoms. The van der Waals surface area contributed by atoms with Gasteiger partial charge in [-0.2, -0.15) is 0 Å². The van der Waals surface area contributed by atoms with Crippen LogP contribution in [0.4, 0.5) is 0 Å². The molecule has 0 N–H and O–H groups in total. The second kappa shape index (κ2) is 7.19. The molecule has 0 saturated carbocycles. The van der Waals surface area contributed by atoms with Crippen molar-refractivity contribution >= 4 is 37.9 Å². The molecular formula is C21H19BiO. The fourth-order valence-corrected chi connectivity index (χ4v) is 11.5. The SMILES string of the molecule is Cc1cc[c]([Bi]([c]2ccc(C)cc2)[c]2cccc(C=O)c2)cc1. The summed E-state index contributed by atoms with van der Waals surface area (Å²) in [6.07, 6.45) is 0.940. The van der Waals surface area contributed by atoms with Crippen molar-refractivity contribution in [2.45, 2.75) is 13.8 Å². The van der Waals surface area contributed by atoms with E-state index in [1.54, 1.807) is 0 Å². The maximum absolute atomic E-state index is 11.2. The average Bonchev–Trinajstić information content (AvgIpc) is 2.59. The van der Waals surface area contributed by atoms with E-state index in [1.165, 1.54) is 20.9 Å². The van der Waals surface area contributed by atoms with E-state index in [2.05, 4.69) is 74.5 Å². The Morgan fingerprint density at radius 1 is 0.696 bits per heavy atom. The summed E-state index contributed by atoms with van der Waals surface area (Å²) in [4.78, 5) is 11.2. The van der Waals surface area contributed by atoms with E-state index in [0.717, 1.165) is 11.8 Å². The van der Waals surface area contributed by atoms with Crippen molar-refractivity contribution in [3.05, 3.63) is 89.5 Å². The number of hydrogen-bond donors (Lipinski definition) is 0. The van der Waals surface area contributed by atoms with Crippen LogP contribution in [0.3, 0.4) is 0 Å². The molecule has 0 unspecified atom stereocenters. The zero-order valence-electron chi connectivity index (χ0n) is 13.4. The van der Waals surface area contributed by atoms with Crippen LogP contribution in [0.5, 0.6) is 0 Å². The minimum atomic E-state index is -2.34. The van der Waals surface area contributed by atoms with Crippen LogP contribution in [-0.4, -0.2) is 28.0 Å². The molecule has 0 spiro atoms. The third-order valence-corrected chi connectivity index (χ3v) is 13.3. The standard InChI is InChI=1S/C7H5O.2C7H7.Bi/c8-6-7-4-2-1-3-5-7;2*1-7-5-3-2-4-6-7;/h1-2,4-6H;2*3-6H,1H3;. The van der Waals surface area contributed by atoms with Gasteiger partial charge in [-0.1, -0.05) is 0 Å². The number of aldehydes is 1. The normalized spacial score (nSPS) is 10.7. The Balaban J connectivity index is 2.14.